The third-order valence-corrected chi connectivity index (χ3v) is 5.71. The highest BCUT2D eigenvalue weighted by Gasteiger charge is 2.38. The summed E-state index contributed by atoms with van der Waals surface area (Å²) >= 11 is 0. The fourth-order valence-corrected chi connectivity index (χ4v) is 4.01. The smallest absolute Gasteiger partial charge is 0.317 e. The van der Waals surface area contributed by atoms with E-state index in [4.69, 9.17) is 0 Å². The number of rotatable bonds is 21. The molecular weight excluding hydrogens is 416 g/mol. The van der Waals surface area contributed by atoms with Gasteiger partial charge in [-0.2, -0.15) is 26.3 Å². The van der Waals surface area contributed by atoms with Crippen LogP contribution in [0.25, 0.3) is 0 Å². The molecule has 0 aromatic carbocycles. The Bertz CT molecular complexity index is 365. The van der Waals surface area contributed by atoms with Crippen LogP contribution in [0.3, 0.4) is 0 Å². The molecule has 0 radical (unpaired) electrons. The normalized spacial score (nSPS) is 12.8. The van der Waals surface area contributed by atoms with Crippen LogP contribution in [0, 0.1) is 5.92 Å². The molecule has 0 unspecified atom stereocenters. The third-order valence-electron chi connectivity index (χ3n) is 5.71. The van der Waals surface area contributed by atoms with Crippen molar-refractivity contribution in [2.24, 2.45) is 5.92 Å². The fourth-order valence-electron chi connectivity index (χ4n) is 4.01. The van der Waals surface area contributed by atoms with Gasteiger partial charge in [-0.3, -0.25) is 0 Å². The van der Waals surface area contributed by atoms with E-state index >= 15 is 0 Å². The van der Waals surface area contributed by atoms with Crippen LogP contribution in [0.5, 0.6) is 0 Å². The van der Waals surface area contributed by atoms with Gasteiger partial charge in [0.2, 0.25) is 0 Å². The first-order valence-electron chi connectivity index (χ1n) is 12.5. The van der Waals surface area contributed by atoms with Crippen LogP contribution >= 0.6 is 0 Å². The Balaban J connectivity index is 3.44. The highest BCUT2D eigenvalue weighted by atomic mass is 19.4. The van der Waals surface area contributed by atoms with E-state index in [1.54, 1.807) is 0 Å². The van der Waals surface area contributed by atoms with Crippen molar-refractivity contribution in [3.05, 3.63) is 0 Å². The van der Waals surface area contributed by atoms with E-state index in [2.05, 4.69) is 12.2 Å². The first-order chi connectivity index (χ1) is 14.6. The zero-order valence-corrected chi connectivity index (χ0v) is 19.5. The summed E-state index contributed by atoms with van der Waals surface area (Å²) in [6, 6.07) is 0. The molecule has 0 aromatic rings. The number of hydrogen-bond donors (Lipinski definition) is 1. The van der Waals surface area contributed by atoms with Gasteiger partial charge in [0.1, 0.15) is 0 Å². The van der Waals surface area contributed by atoms with Gasteiger partial charge >= 0.3 is 12.4 Å². The predicted octanol–water partition coefficient (Wildman–Crippen LogP) is 9.36. The molecule has 0 fully saturated rings. The molecule has 0 bridgehead atoms. The molecule has 0 aliphatic rings. The van der Waals surface area contributed by atoms with Gasteiger partial charge in [-0.1, -0.05) is 90.4 Å². The molecule has 0 saturated heterocycles. The van der Waals surface area contributed by atoms with Crippen LogP contribution in [0.15, 0.2) is 0 Å². The number of halogens is 6. The van der Waals surface area contributed by atoms with Crippen molar-refractivity contribution in [3.8, 4) is 0 Å². The molecule has 7 heteroatoms. The van der Waals surface area contributed by atoms with Gasteiger partial charge < -0.3 is 5.32 Å². The van der Waals surface area contributed by atoms with Crippen molar-refractivity contribution in [2.75, 3.05) is 13.1 Å². The minimum atomic E-state index is -4.53. The minimum Gasteiger partial charge on any atom is -0.317 e. The van der Waals surface area contributed by atoms with Gasteiger partial charge in [0.25, 0.3) is 0 Å². The maximum atomic E-state index is 12.4. The van der Waals surface area contributed by atoms with Crippen LogP contribution in [0.4, 0.5) is 26.3 Å². The van der Waals surface area contributed by atoms with Crippen molar-refractivity contribution in [1.29, 1.82) is 0 Å². The molecule has 1 N–H and O–H groups in total. The van der Waals surface area contributed by atoms with Gasteiger partial charge in [-0.05, 0) is 38.3 Å². The van der Waals surface area contributed by atoms with E-state index in [1.165, 1.54) is 51.4 Å². The summed E-state index contributed by atoms with van der Waals surface area (Å²) in [5.41, 5.74) is 0. The Morgan fingerprint density at radius 3 is 1.26 bits per heavy atom. The van der Waals surface area contributed by atoms with Crippen LogP contribution in [-0.2, 0) is 0 Å². The summed E-state index contributed by atoms with van der Waals surface area (Å²) in [5, 5.41) is 3.47. The minimum absolute atomic E-state index is 0.00167. The molecular formula is C24H45F6N. The number of alkyl halides is 6. The topological polar surface area (TPSA) is 12.0 Å². The molecule has 0 heterocycles. The van der Waals surface area contributed by atoms with E-state index in [0.717, 1.165) is 45.2 Å². The zero-order chi connectivity index (χ0) is 23.4. The SMILES string of the molecule is CCCCCCCCCCNCCCCCCCCCC(CC(F)(F)F)CC(F)(F)F. The van der Waals surface area contributed by atoms with Crippen molar-refractivity contribution in [1.82, 2.24) is 5.32 Å². The second-order valence-corrected chi connectivity index (χ2v) is 8.99. The summed E-state index contributed by atoms with van der Waals surface area (Å²) in [5.74, 6) is -1.34. The Labute approximate surface area is 186 Å². The Kier molecular flexibility index (Phi) is 18.8. The molecule has 188 valence electrons. The van der Waals surface area contributed by atoms with Crippen molar-refractivity contribution in [2.45, 2.75) is 135 Å². The number of unbranched alkanes of at least 4 members (excludes halogenated alkanes) is 13. The highest BCUT2D eigenvalue weighted by molar-refractivity contribution is 4.69. The average Bonchev–Trinajstić information content (AvgIpc) is 2.64. The van der Waals surface area contributed by atoms with Crippen molar-refractivity contribution < 1.29 is 26.3 Å². The average molecular weight is 462 g/mol. The standard InChI is InChI=1S/C24H45F6N/c1-2-3-4-5-6-9-12-15-18-31-19-16-13-10-7-8-11-14-17-22(20-23(25,26)27)21-24(28,29)30/h22,31H,2-21H2,1H3. The maximum Gasteiger partial charge on any atom is 0.389 e. The Morgan fingerprint density at radius 2 is 0.871 bits per heavy atom. The zero-order valence-electron chi connectivity index (χ0n) is 19.5. The molecule has 0 atom stereocenters. The molecule has 0 spiro atoms. The highest BCUT2D eigenvalue weighted by Crippen LogP contribution is 2.35. The van der Waals surface area contributed by atoms with E-state index < -0.39 is 31.1 Å². The van der Waals surface area contributed by atoms with E-state index in [9.17, 15) is 26.3 Å². The first-order valence-corrected chi connectivity index (χ1v) is 12.5. The number of nitrogens with one attached hydrogen (secondary N) is 1. The molecule has 0 aromatic heterocycles. The van der Waals surface area contributed by atoms with E-state index in [1.807, 2.05) is 0 Å². The maximum absolute atomic E-state index is 12.4. The molecule has 31 heavy (non-hydrogen) atoms. The first kappa shape index (κ1) is 30.5. The lowest BCUT2D eigenvalue weighted by atomic mass is 9.93. The monoisotopic (exact) mass is 461 g/mol. The second-order valence-electron chi connectivity index (χ2n) is 8.99. The van der Waals surface area contributed by atoms with Crippen LogP contribution in [0.1, 0.15) is 122 Å². The lowest BCUT2D eigenvalue weighted by molar-refractivity contribution is -0.173. The molecule has 0 rings (SSSR count). The van der Waals surface area contributed by atoms with Crippen molar-refractivity contribution >= 4 is 0 Å². The quantitative estimate of drug-likeness (QED) is 0.133. The van der Waals surface area contributed by atoms with Gasteiger partial charge in [0, 0.05) is 12.8 Å². The van der Waals surface area contributed by atoms with Gasteiger partial charge in [0.05, 0.1) is 0 Å². The summed E-state index contributed by atoms with van der Waals surface area (Å²) in [6.07, 6.45) is 5.22. The lowest BCUT2D eigenvalue weighted by Crippen LogP contribution is -2.21. The summed E-state index contributed by atoms with van der Waals surface area (Å²) in [6.45, 7) is 4.33. The third kappa shape index (κ3) is 25.7. The largest absolute Gasteiger partial charge is 0.389 e. The molecule has 0 aliphatic heterocycles. The summed E-state index contributed by atoms with van der Waals surface area (Å²) in [7, 11) is 0. The van der Waals surface area contributed by atoms with E-state index in [0.29, 0.717) is 12.8 Å². The van der Waals surface area contributed by atoms with E-state index in [-0.39, 0.29) is 6.42 Å². The van der Waals surface area contributed by atoms with Gasteiger partial charge in [-0.15, -0.1) is 0 Å². The Hall–Kier alpha value is -0.460. The van der Waals surface area contributed by atoms with Crippen molar-refractivity contribution in [3.63, 3.8) is 0 Å². The van der Waals surface area contributed by atoms with Gasteiger partial charge in [0.15, 0.2) is 0 Å². The summed E-state index contributed by atoms with van der Waals surface area (Å²) in [4.78, 5) is 0. The molecule has 0 saturated carbocycles. The summed E-state index contributed by atoms with van der Waals surface area (Å²) < 4.78 is 74.6. The predicted molar refractivity (Wildman–Crippen MR) is 117 cm³/mol. The molecule has 0 aliphatic carbocycles. The second kappa shape index (κ2) is 19.0. The molecule has 1 nitrogen and oxygen atoms in total. The van der Waals surface area contributed by atoms with Crippen LogP contribution in [-0.4, -0.2) is 25.4 Å². The Morgan fingerprint density at radius 1 is 0.516 bits per heavy atom. The number of hydrogen-bond acceptors (Lipinski definition) is 1. The van der Waals surface area contributed by atoms with Gasteiger partial charge in [-0.25, -0.2) is 0 Å². The van der Waals surface area contributed by atoms with Crippen LogP contribution < -0.4 is 5.32 Å². The molecule has 0 amide bonds. The van der Waals surface area contributed by atoms with Crippen LogP contribution in [0.2, 0.25) is 0 Å². The fraction of sp³-hybridized carbons (Fsp3) is 1.00. The lowest BCUT2D eigenvalue weighted by Gasteiger charge is -2.20.